The lowest BCUT2D eigenvalue weighted by Crippen LogP contribution is -2.26. The number of thiazole rings is 1. The summed E-state index contributed by atoms with van der Waals surface area (Å²) in [6.07, 6.45) is 0.666. The van der Waals surface area contributed by atoms with E-state index in [4.69, 9.17) is 16.3 Å². The van der Waals surface area contributed by atoms with Gasteiger partial charge in [0.15, 0.2) is 5.13 Å². The van der Waals surface area contributed by atoms with Crippen molar-refractivity contribution in [2.24, 2.45) is 0 Å². The van der Waals surface area contributed by atoms with Gasteiger partial charge in [0, 0.05) is 10.6 Å². The molecular formula is C17H13ClN2O2S. The Morgan fingerprint density at radius 3 is 3.09 bits per heavy atom. The molecule has 0 aliphatic carbocycles. The zero-order chi connectivity index (χ0) is 15.8. The van der Waals surface area contributed by atoms with E-state index in [9.17, 15) is 4.79 Å². The number of halogens is 1. The zero-order valence-corrected chi connectivity index (χ0v) is 13.7. The summed E-state index contributed by atoms with van der Waals surface area (Å²) in [7, 11) is 0. The number of anilines is 1. The lowest BCUT2D eigenvalue weighted by Gasteiger charge is -2.24. The first-order chi connectivity index (χ1) is 11.2. The van der Waals surface area contributed by atoms with Crippen LogP contribution in [0.2, 0.25) is 5.02 Å². The highest BCUT2D eigenvalue weighted by Crippen LogP contribution is 2.35. The van der Waals surface area contributed by atoms with Crippen molar-refractivity contribution in [2.45, 2.75) is 12.3 Å². The number of aromatic nitrogens is 1. The van der Waals surface area contributed by atoms with Crippen LogP contribution in [0.15, 0.2) is 42.5 Å². The standard InChI is InChI=1S/C17H13ClN2O2S/c18-10-5-6-13-15(9-10)23-17(19-13)20-16(21)12-7-8-22-14-4-2-1-3-11(12)14/h1-6,9,12H,7-8H2,(H,19,20,21). The second-order valence-electron chi connectivity index (χ2n) is 5.35. The first-order valence-corrected chi connectivity index (χ1v) is 8.49. The minimum Gasteiger partial charge on any atom is -0.493 e. The third kappa shape index (κ3) is 2.78. The fourth-order valence-corrected chi connectivity index (χ4v) is 3.90. The van der Waals surface area contributed by atoms with Gasteiger partial charge in [-0.1, -0.05) is 41.1 Å². The molecule has 2 heterocycles. The highest BCUT2D eigenvalue weighted by molar-refractivity contribution is 7.22. The number of para-hydroxylation sites is 1. The molecule has 1 aliphatic rings. The van der Waals surface area contributed by atoms with Gasteiger partial charge in [-0.05, 0) is 30.7 Å². The largest absolute Gasteiger partial charge is 0.493 e. The summed E-state index contributed by atoms with van der Waals surface area (Å²) in [5.74, 6) is 0.524. The number of carbonyl (C=O) groups is 1. The Bertz CT molecular complexity index is 893. The van der Waals surface area contributed by atoms with Gasteiger partial charge in [0.25, 0.3) is 0 Å². The summed E-state index contributed by atoms with van der Waals surface area (Å²) in [6, 6.07) is 13.2. The van der Waals surface area contributed by atoms with Crippen molar-refractivity contribution in [1.82, 2.24) is 4.98 Å². The molecule has 0 bridgehead atoms. The monoisotopic (exact) mass is 344 g/mol. The van der Waals surface area contributed by atoms with Gasteiger partial charge in [-0.25, -0.2) is 4.98 Å². The van der Waals surface area contributed by atoms with E-state index in [2.05, 4.69) is 10.3 Å². The quantitative estimate of drug-likeness (QED) is 0.747. The fraction of sp³-hybridized carbons (Fsp3) is 0.176. The molecule has 1 aliphatic heterocycles. The van der Waals surface area contributed by atoms with Crippen molar-refractivity contribution in [1.29, 1.82) is 0 Å². The Kier molecular flexibility index (Phi) is 3.67. The molecule has 4 nitrogen and oxygen atoms in total. The third-order valence-corrected chi connectivity index (χ3v) is 5.02. The van der Waals surface area contributed by atoms with Gasteiger partial charge in [-0.3, -0.25) is 4.79 Å². The Balaban J connectivity index is 1.60. The van der Waals surface area contributed by atoms with Crippen molar-refractivity contribution in [2.75, 3.05) is 11.9 Å². The molecule has 0 radical (unpaired) electrons. The summed E-state index contributed by atoms with van der Waals surface area (Å²) in [5.41, 5.74) is 1.77. The third-order valence-electron chi connectivity index (χ3n) is 3.86. The molecule has 2 aromatic carbocycles. The molecule has 116 valence electrons. The van der Waals surface area contributed by atoms with E-state index < -0.39 is 0 Å². The van der Waals surface area contributed by atoms with Crippen LogP contribution in [0.1, 0.15) is 17.9 Å². The van der Waals surface area contributed by atoms with Crippen LogP contribution >= 0.6 is 22.9 Å². The van der Waals surface area contributed by atoms with Crippen molar-refractivity contribution >= 4 is 44.2 Å². The van der Waals surface area contributed by atoms with Crippen LogP contribution in [0.4, 0.5) is 5.13 Å². The number of hydrogen-bond donors (Lipinski definition) is 1. The Hall–Kier alpha value is -2.11. The number of hydrogen-bond acceptors (Lipinski definition) is 4. The minimum atomic E-state index is -0.212. The Morgan fingerprint density at radius 1 is 1.30 bits per heavy atom. The molecule has 0 fully saturated rings. The summed E-state index contributed by atoms with van der Waals surface area (Å²) < 4.78 is 6.57. The number of nitrogens with zero attached hydrogens (tertiary/aromatic N) is 1. The molecule has 0 saturated heterocycles. The molecule has 6 heteroatoms. The van der Waals surface area contributed by atoms with E-state index in [-0.39, 0.29) is 11.8 Å². The summed E-state index contributed by atoms with van der Waals surface area (Å²) in [5, 5.41) is 4.19. The molecule has 1 N–H and O–H groups in total. The van der Waals surface area contributed by atoms with E-state index in [1.165, 1.54) is 11.3 Å². The number of carbonyl (C=O) groups excluding carboxylic acids is 1. The maximum Gasteiger partial charge on any atom is 0.233 e. The van der Waals surface area contributed by atoms with Gasteiger partial charge in [0.1, 0.15) is 5.75 Å². The lowest BCUT2D eigenvalue weighted by molar-refractivity contribution is -0.118. The van der Waals surface area contributed by atoms with Crippen LogP contribution in [0.5, 0.6) is 5.75 Å². The molecule has 23 heavy (non-hydrogen) atoms. The van der Waals surface area contributed by atoms with Gasteiger partial charge in [-0.2, -0.15) is 0 Å². The maximum atomic E-state index is 12.6. The average molecular weight is 345 g/mol. The van der Waals surface area contributed by atoms with Gasteiger partial charge >= 0.3 is 0 Å². The number of fused-ring (bicyclic) bond motifs is 2. The fourth-order valence-electron chi connectivity index (χ4n) is 2.76. The Morgan fingerprint density at radius 2 is 2.17 bits per heavy atom. The van der Waals surface area contributed by atoms with E-state index in [1.807, 2.05) is 36.4 Å². The van der Waals surface area contributed by atoms with Crippen LogP contribution in [-0.4, -0.2) is 17.5 Å². The van der Waals surface area contributed by atoms with E-state index in [0.717, 1.165) is 21.5 Å². The predicted molar refractivity (Wildman–Crippen MR) is 92.6 cm³/mol. The normalized spacial score (nSPS) is 16.7. The van der Waals surface area contributed by atoms with Crippen molar-refractivity contribution in [3.63, 3.8) is 0 Å². The highest BCUT2D eigenvalue weighted by Gasteiger charge is 2.28. The molecule has 1 amide bonds. The number of rotatable bonds is 2. The predicted octanol–water partition coefficient (Wildman–Crippen LogP) is 4.45. The lowest BCUT2D eigenvalue weighted by atomic mass is 9.92. The average Bonchev–Trinajstić information content (AvgIpc) is 2.95. The molecule has 1 atom stereocenters. The number of benzene rings is 2. The van der Waals surface area contributed by atoms with Gasteiger partial charge < -0.3 is 10.1 Å². The second-order valence-corrected chi connectivity index (χ2v) is 6.81. The van der Waals surface area contributed by atoms with Crippen molar-refractivity contribution in [3.05, 3.63) is 53.1 Å². The molecule has 4 rings (SSSR count). The van der Waals surface area contributed by atoms with Gasteiger partial charge in [0.05, 0.1) is 22.7 Å². The highest BCUT2D eigenvalue weighted by atomic mass is 35.5. The van der Waals surface area contributed by atoms with Crippen LogP contribution in [-0.2, 0) is 4.79 Å². The zero-order valence-electron chi connectivity index (χ0n) is 12.1. The molecular weight excluding hydrogens is 332 g/mol. The summed E-state index contributed by atoms with van der Waals surface area (Å²) in [4.78, 5) is 17.1. The first kappa shape index (κ1) is 14.5. The Labute approximate surface area is 142 Å². The van der Waals surface area contributed by atoms with E-state index >= 15 is 0 Å². The number of amides is 1. The van der Waals surface area contributed by atoms with E-state index in [0.29, 0.717) is 23.2 Å². The summed E-state index contributed by atoms with van der Waals surface area (Å²) in [6.45, 7) is 0.546. The topological polar surface area (TPSA) is 51.2 Å². The van der Waals surface area contributed by atoms with Gasteiger partial charge in [-0.15, -0.1) is 0 Å². The number of ether oxygens (including phenoxy) is 1. The first-order valence-electron chi connectivity index (χ1n) is 7.29. The smallest absolute Gasteiger partial charge is 0.233 e. The minimum absolute atomic E-state index is 0.0501. The molecule has 3 aromatic rings. The van der Waals surface area contributed by atoms with Crippen LogP contribution in [0, 0.1) is 0 Å². The van der Waals surface area contributed by atoms with Crippen molar-refractivity contribution < 1.29 is 9.53 Å². The molecule has 0 spiro atoms. The van der Waals surface area contributed by atoms with Gasteiger partial charge in [0.2, 0.25) is 5.91 Å². The molecule has 0 saturated carbocycles. The number of nitrogens with one attached hydrogen (secondary N) is 1. The SMILES string of the molecule is O=C(Nc1nc2ccc(Cl)cc2s1)C1CCOc2ccccc21. The second kappa shape index (κ2) is 5.83. The van der Waals surface area contributed by atoms with Crippen LogP contribution in [0.3, 0.4) is 0 Å². The van der Waals surface area contributed by atoms with Crippen molar-refractivity contribution in [3.8, 4) is 5.75 Å². The van der Waals surface area contributed by atoms with Crippen LogP contribution < -0.4 is 10.1 Å². The van der Waals surface area contributed by atoms with E-state index in [1.54, 1.807) is 6.07 Å². The maximum absolute atomic E-state index is 12.6. The van der Waals surface area contributed by atoms with Crippen LogP contribution in [0.25, 0.3) is 10.2 Å². The molecule has 1 unspecified atom stereocenters. The summed E-state index contributed by atoms with van der Waals surface area (Å²) >= 11 is 7.42. The molecule has 1 aromatic heterocycles.